The van der Waals surface area contributed by atoms with Gasteiger partial charge in [0.05, 0.1) is 5.56 Å². The summed E-state index contributed by atoms with van der Waals surface area (Å²) in [5.74, 6) is -0.948. The quantitative estimate of drug-likeness (QED) is 0.625. The fourth-order valence-electron chi connectivity index (χ4n) is 2.08. The summed E-state index contributed by atoms with van der Waals surface area (Å²) in [6.45, 7) is 1.12. The molecule has 13 heteroatoms. The topological polar surface area (TPSA) is 96.5 Å². The van der Waals surface area contributed by atoms with Gasteiger partial charge in [-0.3, -0.25) is 10.1 Å². The number of rotatable bonds is 7. The van der Waals surface area contributed by atoms with Crippen LogP contribution in [0.15, 0.2) is 18.2 Å². The molecule has 0 saturated carbocycles. The van der Waals surface area contributed by atoms with Gasteiger partial charge in [0, 0.05) is 18.6 Å². The Morgan fingerprint density at radius 1 is 1.31 bits per heavy atom. The Kier molecular flexibility index (Phi) is 7.76. The van der Waals surface area contributed by atoms with Crippen molar-refractivity contribution in [3.8, 4) is 5.75 Å². The number of nitrogens with one attached hydrogen (secondary N) is 2. The first-order valence-corrected chi connectivity index (χ1v) is 9.40. The zero-order valence-corrected chi connectivity index (χ0v) is 16.9. The molecule has 0 aliphatic heterocycles. The van der Waals surface area contributed by atoms with Crippen LogP contribution in [-0.4, -0.2) is 54.3 Å². The van der Waals surface area contributed by atoms with E-state index in [-0.39, 0.29) is 32.8 Å². The summed E-state index contributed by atoms with van der Waals surface area (Å²) in [5.41, 5.74) is -0.141. The molecule has 2 aromatic rings. The Labute approximate surface area is 173 Å². The highest BCUT2D eigenvalue weighted by atomic mass is 35.5. The van der Waals surface area contributed by atoms with Gasteiger partial charge in [0.25, 0.3) is 5.91 Å². The minimum atomic E-state index is -4.67. The smallest absolute Gasteiger partial charge is 0.409 e. The number of carbonyl (C=O) groups excluding carboxylic acids is 2. The van der Waals surface area contributed by atoms with Gasteiger partial charge in [0.2, 0.25) is 10.1 Å². The van der Waals surface area contributed by atoms with Gasteiger partial charge < -0.3 is 15.0 Å². The summed E-state index contributed by atoms with van der Waals surface area (Å²) in [7, 11) is 3.32. The van der Waals surface area contributed by atoms with Crippen molar-refractivity contribution in [2.45, 2.75) is 12.6 Å². The van der Waals surface area contributed by atoms with Gasteiger partial charge in [0.1, 0.15) is 5.75 Å². The number of hydrogen-bond donors (Lipinski definition) is 2. The van der Waals surface area contributed by atoms with E-state index in [1.165, 1.54) is 30.1 Å². The molecule has 1 aromatic carbocycles. The SMILES string of the molecule is CNCCCN(C)C(=O)Oc1ccc(Cl)cc1C(=O)Nc1nnc(C(F)(F)F)s1. The zero-order valence-electron chi connectivity index (χ0n) is 15.3. The number of aromatic nitrogens is 2. The standard InChI is InChI=1S/C16H17ClF3N5O3S/c1-21-6-3-7-25(2)15(27)28-11-5-4-9(17)8-10(11)12(26)22-14-24-23-13(29-14)16(18,19)20/h4-5,8,21H,3,6-7H2,1-2H3,(H,22,24,26). The van der Waals surface area contributed by atoms with E-state index in [0.717, 1.165) is 0 Å². The van der Waals surface area contributed by atoms with Crippen LogP contribution in [0.3, 0.4) is 0 Å². The Bertz CT molecular complexity index is 878. The van der Waals surface area contributed by atoms with Crippen molar-refractivity contribution in [3.63, 3.8) is 0 Å². The molecule has 1 aromatic heterocycles. The first-order chi connectivity index (χ1) is 13.6. The van der Waals surface area contributed by atoms with Crippen molar-refractivity contribution >= 4 is 40.1 Å². The third-order valence-corrected chi connectivity index (χ3v) is 4.62. The molecule has 0 aliphatic carbocycles. The molecular weight excluding hydrogens is 435 g/mol. The normalized spacial score (nSPS) is 11.2. The number of hydrogen-bond acceptors (Lipinski definition) is 7. The molecule has 2 N–H and O–H groups in total. The van der Waals surface area contributed by atoms with Crippen LogP contribution in [-0.2, 0) is 6.18 Å². The number of halogens is 4. The maximum absolute atomic E-state index is 12.6. The molecule has 0 aliphatic rings. The largest absolute Gasteiger partial charge is 0.445 e. The van der Waals surface area contributed by atoms with E-state index < -0.39 is 23.2 Å². The molecule has 2 amide bonds. The van der Waals surface area contributed by atoms with E-state index in [9.17, 15) is 22.8 Å². The summed E-state index contributed by atoms with van der Waals surface area (Å²) >= 11 is 6.07. The second-order valence-corrected chi connectivity index (χ2v) is 7.17. The second kappa shape index (κ2) is 9.85. The molecule has 0 atom stereocenters. The predicted molar refractivity (Wildman–Crippen MR) is 102 cm³/mol. The van der Waals surface area contributed by atoms with E-state index in [4.69, 9.17) is 16.3 Å². The van der Waals surface area contributed by atoms with Crippen LogP contribution >= 0.6 is 22.9 Å². The number of ether oxygens (including phenoxy) is 1. The average Bonchev–Trinajstić information content (AvgIpc) is 3.12. The maximum Gasteiger partial charge on any atom is 0.445 e. The number of nitrogens with zero attached hydrogens (tertiary/aromatic N) is 3. The van der Waals surface area contributed by atoms with E-state index in [1.807, 2.05) is 0 Å². The van der Waals surface area contributed by atoms with Gasteiger partial charge in [-0.05, 0) is 38.2 Å². The molecular formula is C16H17ClF3N5O3S. The van der Waals surface area contributed by atoms with E-state index in [2.05, 4.69) is 20.8 Å². The molecule has 8 nitrogen and oxygen atoms in total. The molecule has 0 unspecified atom stereocenters. The first-order valence-electron chi connectivity index (χ1n) is 8.21. The lowest BCUT2D eigenvalue weighted by molar-refractivity contribution is -0.138. The van der Waals surface area contributed by atoms with Crippen LogP contribution in [0.1, 0.15) is 21.8 Å². The fourth-order valence-corrected chi connectivity index (χ4v) is 2.86. The molecule has 158 valence electrons. The third-order valence-electron chi connectivity index (χ3n) is 3.50. The summed E-state index contributed by atoms with van der Waals surface area (Å²) < 4.78 is 43.1. The van der Waals surface area contributed by atoms with E-state index >= 15 is 0 Å². The second-order valence-electron chi connectivity index (χ2n) is 5.75. The molecule has 2 rings (SSSR count). The van der Waals surface area contributed by atoms with E-state index in [0.29, 0.717) is 19.5 Å². The predicted octanol–water partition coefficient (Wildman–Crippen LogP) is 3.50. The van der Waals surface area contributed by atoms with Crippen LogP contribution in [0.25, 0.3) is 0 Å². The third kappa shape index (κ3) is 6.54. The monoisotopic (exact) mass is 451 g/mol. The van der Waals surface area contributed by atoms with Gasteiger partial charge in [-0.25, -0.2) is 4.79 Å². The van der Waals surface area contributed by atoms with Crippen LogP contribution in [0.2, 0.25) is 5.02 Å². The van der Waals surface area contributed by atoms with Crippen molar-refractivity contribution < 1.29 is 27.5 Å². The molecule has 29 heavy (non-hydrogen) atoms. The molecule has 0 bridgehead atoms. The highest BCUT2D eigenvalue weighted by Gasteiger charge is 2.36. The summed E-state index contributed by atoms with van der Waals surface area (Å²) in [4.78, 5) is 26.0. The molecule has 0 fully saturated rings. The lowest BCUT2D eigenvalue weighted by Crippen LogP contribution is -2.32. The minimum Gasteiger partial charge on any atom is -0.409 e. The highest BCUT2D eigenvalue weighted by molar-refractivity contribution is 7.15. The Morgan fingerprint density at radius 2 is 2.03 bits per heavy atom. The van der Waals surface area contributed by atoms with Gasteiger partial charge in [-0.15, -0.1) is 10.2 Å². The van der Waals surface area contributed by atoms with Gasteiger partial charge >= 0.3 is 12.3 Å². The number of benzene rings is 1. The summed E-state index contributed by atoms with van der Waals surface area (Å²) in [6.07, 6.45) is -4.68. The van der Waals surface area contributed by atoms with Gasteiger partial charge in [-0.2, -0.15) is 13.2 Å². The molecule has 1 heterocycles. The molecule has 0 spiro atoms. The molecule has 0 saturated heterocycles. The summed E-state index contributed by atoms with van der Waals surface area (Å²) in [5, 5.41) is 10.0. The number of alkyl halides is 3. The van der Waals surface area contributed by atoms with Gasteiger partial charge in [0.15, 0.2) is 0 Å². The summed E-state index contributed by atoms with van der Waals surface area (Å²) in [6, 6.07) is 3.96. The zero-order chi connectivity index (χ0) is 21.6. The van der Waals surface area contributed by atoms with Crippen molar-refractivity contribution in [1.82, 2.24) is 20.4 Å². The highest BCUT2D eigenvalue weighted by Crippen LogP contribution is 2.33. The average molecular weight is 452 g/mol. The minimum absolute atomic E-state index is 0.0991. The maximum atomic E-state index is 12.6. The van der Waals surface area contributed by atoms with Crippen LogP contribution < -0.4 is 15.4 Å². The van der Waals surface area contributed by atoms with Crippen LogP contribution in [0.5, 0.6) is 5.75 Å². The van der Waals surface area contributed by atoms with Gasteiger partial charge in [-0.1, -0.05) is 22.9 Å². The van der Waals surface area contributed by atoms with Crippen molar-refractivity contribution in [2.24, 2.45) is 0 Å². The van der Waals surface area contributed by atoms with E-state index in [1.54, 1.807) is 7.05 Å². The molecule has 0 radical (unpaired) electrons. The number of anilines is 1. The number of amides is 2. The Balaban J connectivity index is 2.14. The van der Waals surface area contributed by atoms with Crippen molar-refractivity contribution in [3.05, 3.63) is 33.8 Å². The van der Waals surface area contributed by atoms with Crippen LogP contribution in [0, 0.1) is 0 Å². The van der Waals surface area contributed by atoms with Crippen molar-refractivity contribution in [1.29, 1.82) is 0 Å². The number of carbonyl (C=O) groups is 2. The Hall–Kier alpha value is -2.44. The lowest BCUT2D eigenvalue weighted by atomic mass is 10.2. The first kappa shape index (κ1) is 22.8. The lowest BCUT2D eigenvalue weighted by Gasteiger charge is -2.18. The van der Waals surface area contributed by atoms with Crippen LogP contribution in [0.4, 0.5) is 23.1 Å². The Morgan fingerprint density at radius 3 is 2.66 bits per heavy atom. The fraction of sp³-hybridized carbons (Fsp3) is 0.375. The van der Waals surface area contributed by atoms with Crippen molar-refractivity contribution in [2.75, 3.05) is 32.5 Å².